The van der Waals surface area contributed by atoms with Gasteiger partial charge in [-0.25, -0.2) is 9.79 Å². The van der Waals surface area contributed by atoms with Crippen LogP contribution in [0, 0.1) is 0 Å². The highest BCUT2D eigenvalue weighted by atomic mass is 19.3. The minimum absolute atomic E-state index is 0.0177. The van der Waals surface area contributed by atoms with Gasteiger partial charge in [0.1, 0.15) is 5.75 Å². The number of amides is 1. The molecule has 27 heavy (non-hydrogen) atoms. The molecule has 0 spiro atoms. The average Bonchev–Trinajstić information content (AvgIpc) is 2.96. The number of nitrogens with one attached hydrogen (secondary N) is 1. The maximum Gasteiger partial charge on any atom is 0.387 e. The van der Waals surface area contributed by atoms with E-state index >= 15 is 0 Å². The standard InChI is InChI=1S/C19H14F2N2O4/c1-11(24)22-13-8-6-12(7-9-13)10-15-18(25)27-17(23-15)14-4-2-3-5-16(14)26-19(20)21/h2-10,19H,1H3,(H,22,24)/b15-10-. The Hall–Kier alpha value is -3.55. The first-order valence-electron chi connectivity index (χ1n) is 7.87. The van der Waals surface area contributed by atoms with E-state index in [4.69, 9.17) is 4.74 Å². The Kier molecular flexibility index (Phi) is 5.25. The molecule has 2 aromatic rings. The number of carbonyl (C=O) groups is 2. The summed E-state index contributed by atoms with van der Waals surface area (Å²) in [5, 5.41) is 2.63. The molecule has 0 bridgehead atoms. The number of carbonyl (C=O) groups excluding carboxylic acids is 2. The Morgan fingerprint density at radius 3 is 2.56 bits per heavy atom. The first kappa shape index (κ1) is 18.2. The maximum absolute atomic E-state index is 12.5. The fourth-order valence-corrected chi connectivity index (χ4v) is 2.39. The lowest BCUT2D eigenvalue weighted by Crippen LogP contribution is -2.10. The lowest BCUT2D eigenvalue weighted by Gasteiger charge is -2.08. The third kappa shape index (κ3) is 4.55. The average molecular weight is 372 g/mol. The molecule has 138 valence electrons. The number of nitrogens with zero attached hydrogens (tertiary/aromatic N) is 1. The summed E-state index contributed by atoms with van der Waals surface area (Å²) in [6, 6.07) is 12.6. The van der Waals surface area contributed by atoms with E-state index in [0.717, 1.165) is 0 Å². The van der Waals surface area contributed by atoms with E-state index in [-0.39, 0.29) is 28.8 Å². The van der Waals surface area contributed by atoms with Crippen LogP contribution in [-0.4, -0.2) is 24.4 Å². The fraction of sp³-hybridized carbons (Fsp3) is 0.105. The zero-order valence-corrected chi connectivity index (χ0v) is 14.1. The van der Waals surface area contributed by atoms with Crippen LogP contribution in [0.25, 0.3) is 6.08 Å². The summed E-state index contributed by atoms with van der Waals surface area (Å²) >= 11 is 0. The summed E-state index contributed by atoms with van der Waals surface area (Å²) in [5.41, 5.74) is 1.43. The largest absolute Gasteiger partial charge is 0.434 e. The van der Waals surface area contributed by atoms with Crippen molar-refractivity contribution in [1.82, 2.24) is 0 Å². The monoisotopic (exact) mass is 372 g/mol. The number of para-hydroxylation sites is 1. The smallest absolute Gasteiger partial charge is 0.387 e. The fourth-order valence-electron chi connectivity index (χ4n) is 2.39. The van der Waals surface area contributed by atoms with E-state index < -0.39 is 12.6 Å². The second-order valence-corrected chi connectivity index (χ2v) is 5.51. The number of hydrogen-bond acceptors (Lipinski definition) is 5. The van der Waals surface area contributed by atoms with Crippen molar-refractivity contribution in [2.75, 3.05) is 5.32 Å². The van der Waals surface area contributed by atoms with E-state index in [1.165, 1.54) is 31.2 Å². The molecule has 1 aliphatic rings. The summed E-state index contributed by atoms with van der Waals surface area (Å²) in [5.74, 6) is -1.15. The van der Waals surface area contributed by atoms with Gasteiger partial charge in [-0.1, -0.05) is 24.3 Å². The van der Waals surface area contributed by atoms with Crippen molar-refractivity contribution >= 4 is 29.5 Å². The number of hydrogen-bond donors (Lipinski definition) is 1. The SMILES string of the molecule is CC(=O)Nc1ccc(/C=C2\N=C(c3ccccc3OC(F)F)OC2=O)cc1. The van der Waals surface area contributed by atoms with E-state index in [0.29, 0.717) is 11.3 Å². The van der Waals surface area contributed by atoms with Crippen LogP contribution in [0.1, 0.15) is 18.1 Å². The van der Waals surface area contributed by atoms with Gasteiger partial charge >= 0.3 is 12.6 Å². The topological polar surface area (TPSA) is 77.0 Å². The molecule has 0 aromatic heterocycles. The number of cyclic esters (lactones) is 1. The van der Waals surface area contributed by atoms with Gasteiger partial charge < -0.3 is 14.8 Å². The van der Waals surface area contributed by atoms with Gasteiger partial charge in [0.15, 0.2) is 5.70 Å². The van der Waals surface area contributed by atoms with Crippen LogP contribution in [0.2, 0.25) is 0 Å². The Labute approximate surface area is 153 Å². The summed E-state index contributed by atoms with van der Waals surface area (Å²) in [6.07, 6.45) is 1.49. The van der Waals surface area contributed by atoms with Crippen molar-refractivity contribution in [3.63, 3.8) is 0 Å². The number of aliphatic imine (C=N–C) groups is 1. The molecule has 0 saturated heterocycles. The molecule has 3 rings (SSSR count). The van der Waals surface area contributed by atoms with Crippen LogP contribution in [0.4, 0.5) is 14.5 Å². The Bertz CT molecular complexity index is 937. The highest BCUT2D eigenvalue weighted by Crippen LogP contribution is 2.26. The highest BCUT2D eigenvalue weighted by Gasteiger charge is 2.26. The van der Waals surface area contributed by atoms with Gasteiger partial charge in [-0.3, -0.25) is 4.79 Å². The Morgan fingerprint density at radius 1 is 1.19 bits per heavy atom. The van der Waals surface area contributed by atoms with Gasteiger partial charge in [0.25, 0.3) is 0 Å². The van der Waals surface area contributed by atoms with Gasteiger partial charge in [-0.2, -0.15) is 8.78 Å². The summed E-state index contributed by atoms with van der Waals surface area (Å²) in [7, 11) is 0. The molecule has 0 atom stereocenters. The van der Waals surface area contributed by atoms with Gasteiger partial charge in [-0.15, -0.1) is 0 Å². The van der Waals surface area contributed by atoms with Gasteiger partial charge in [-0.05, 0) is 35.9 Å². The quantitative estimate of drug-likeness (QED) is 0.643. The number of rotatable bonds is 5. The molecule has 2 aromatic carbocycles. The summed E-state index contributed by atoms with van der Waals surface area (Å²) in [4.78, 5) is 27.2. The van der Waals surface area contributed by atoms with E-state index in [2.05, 4.69) is 15.0 Å². The maximum atomic E-state index is 12.5. The lowest BCUT2D eigenvalue weighted by atomic mass is 10.1. The number of anilines is 1. The van der Waals surface area contributed by atoms with Crippen LogP contribution in [0.5, 0.6) is 5.75 Å². The molecule has 1 heterocycles. The number of halogens is 2. The van der Waals surface area contributed by atoms with Crippen LogP contribution in [0.15, 0.2) is 59.2 Å². The first-order valence-corrected chi connectivity index (χ1v) is 7.87. The molecular formula is C19H14F2N2O4. The molecule has 0 fully saturated rings. The van der Waals surface area contributed by atoms with Gasteiger partial charge in [0.05, 0.1) is 5.56 Å². The molecule has 0 unspecified atom stereocenters. The summed E-state index contributed by atoms with van der Waals surface area (Å²) < 4.78 is 34.6. The van der Waals surface area contributed by atoms with E-state index in [1.54, 1.807) is 30.3 Å². The van der Waals surface area contributed by atoms with Crippen molar-refractivity contribution in [3.05, 3.63) is 65.4 Å². The zero-order valence-electron chi connectivity index (χ0n) is 14.1. The molecule has 6 nitrogen and oxygen atoms in total. The second-order valence-electron chi connectivity index (χ2n) is 5.51. The summed E-state index contributed by atoms with van der Waals surface area (Å²) in [6.45, 7) is -1.61. The normalized spacial score (nSPS) is 14.9. The second kappa shape index (κ2) is 7.77. The van der Waals surface area contributed by atoms with Crippen LogP contribution < -0.4 is 10.1 Å². The van der Waals surface area contributed by atoms with Crippen molar-refractivity contribution in [2.24, 2.45) is 4.99 Å². The van der Waals surface area contributed by atoms with E-state index in [9.17, 15) is 18.4 Å². The molecular weight excluding hydrogens is 358 g/mol. The minimum atomic E-state index is -3.01. The molecule has 0 aliphatic carbocycles. The predicted octanol–water partition coefficient (Wildman–Crippen LogP) is 3.59. The Balaban J connectivity index is 1.86. The third-order valence-corrected chi connectivity index (χ3v) is 3.49. The van der Waals surface area contributed by atoms with Gasteiger partial charge in [0.2, 0.25) is 11.8 Å². The molecule has 1 N–H and O–H groups in total. The van der Waals surface area contributed by atoms with Crippen LogP contribution in [-0.2, 0) is 14.3 Å². The third-order valence-electron chi connectivity index (χ3n) is 3.49. The molecule has 8 heteroatoms. The minimum Gasteiger partial charge on any atom is -0.434 e. The molecule has 1 aliphatic heterocycles. The number of esters is 1. The molecule has 0 radical (unpaired) electrons. The van der Waals surface area contributed by atoms with Crippen molar-refractivity contribution < 1.29 is 27.8 Å². The highest BCUT2D eigenvalue weighted by molar-refractivity contribution is 6.13. The van der Waals surface area contributed by atoms with Crippen LogP contribution >= 0.6 is 0 Å². The number of ether oxygens (including phenoxy) is 2. The number of alkyl halides is 2. The van der Waals surface area contributed by atoms with Crippen molar-refractivity contribution in [1.29, 1.82) is 0 Å². The molecule has 0 saturated carbocycles. The van der Waals surface area contributed by atoms with Gasteiger partial charge in [0, 0.05) is 12.6 Å². The van der Waals surface area contributed by atoms with Crippen molar-refractivity contribution in [2.45, 2.75) is 13.5 Å². The molecule has 1 amide bonds. The van der Waals surface area contributed by atoms with Crippen molar-refractivity contribution in [3.8, 4) is 5.75 Å². The zero-order chi connectivity index (χ0) is 19.4. The predicted molar refractivity (Wildman–Crippen MR) is 94.4 cm³/mol. The van der Waals surface area contributed by atoms with Crippen LogP contribution in [0.3, 0.4) is 0 Å². The number of benzene rings is 2. The lowest BCUT2D eigenvalue weighted by molar-refractivity contribution is -0.129. The Morgan fingerprint density at radius 2 is 1.89 bits per heavy atom. The first-order chi connectivity index (χ1) is 12.9. The van der Waals surface area contributed by atoms with E-state index in [1.807, 2.05) is 0 Å².